The molecular formula is C13H15BrN2O2S. The number of methoxy groups -OCH3 is 1. The van der Waals surface area contributed by atoms with Crippen LogP contribution in [0.25, 0.3) is 10.2 Å². The molecule has 0 bridgehead atoms. The summed E-state index contributed by atoms with van der Waals surface area (Å²) < 4.78 is 6.16. The van der Waals surface area contributed by atoms with Crippen LogP contribution < -0.4 is 10.1 Å². The van der Waals surface area contributed by atoms with Gasteiger partial charge in [-0.05, 0) is 24.6 Å². The largest absolute Gasteiger partial charge is 0.497 e. The molecule has 0 aliphatic carbocycles. The highest BCUT2D eigenvalue weighted by molar-refractivity contribution is 9.10. The number of benzene rings is 1. The third-order valence-electron chi connectivity index (χ3n) is 2.65. The second-order valence-electron chi connectivity index (χ2n) is 4.10. The van der Waals surface area contributed by atoms with E-state index in [4.69, 9.17) is 4.74 Å². The Bertz CT molecular complexity index is 585. The molecule has 6 heteroatoms. The van der Waals surface area contributed by atoms with E-state index in [0.717, 1.165) is 28.8 Å². The summed E-state index contributed by atoms with van der Waals surface area (Å²) in [7, 11) is 1.63. The molecule has 1 aromatic heterocycles. The lowest BCUT2D eigenvalue weighted by atomic mass is 10.2. The Morgan fingerprint density at radius 1 is 1.58 bits per heavy atom. The quantitative estimate of drug-likeness (QED) is 0.840. The second-order valence-corrected chi connectivity index (χ2v) is 6.23. The van der Waals surface area contributed by atoms with Gasteiger partial charge in [0.25, 0.3) is 0 Å². The van der Waals surface area contributed by atoms with Crippen molar-refractivity contribution in [1.29, 1.82) is 0 Å². The molecule has 1 atom stereocenters. The second kappa shape index (κ2) is 6.34. The van der Waals surface area contributed by atoms with Crippen molar-refractivity contribution >= 4 is 48.5 Å². The van der Waals surface area contributed by atoms with E-state index in [1.165, 1.54) is 11.3 Å². The number of anilines is 1. The summed E-state index contributed by atoms with van der Waals surface area (Å²) in [4.78, 5) is 16.1. The average Bonchev–Trinajstić information content (AvgIpc) is 2.79. The number of amides is 1. The highest BCUT2D eigenvalue weighted by atomic mass is 79.9. The minimum absolute atomic E-state index is 0.0483. The zero-order chi connectivity index (χ0) is 13.8. The molecule has 0 aliphatic heterocycles. The van der Waals surface area contributed by atoms with Crippen molar-refractivity contribution in [3.63, 3.8) is 0 Å². The molecule has 0 spiro atoms. The number of nitrogens with zero attached hydrogens (tertiary/aromatic N) is 1. The molecule has 1 heterocycles. The van der Waals surface area contributed by atoms with Gasteiger partial charge < -0.3 is 10.1 Å². The minimum atomic E-state index is -0.168. The number of fused-ring (bicyclic) bond motifs is 1. The van der Waals surface area contributed by atoms with Gasteiger partial charge in [0.05, 0.1) is 22.2 Å². The summed E-state index contributed by atoms with van der Waals surface area (Å²) in [6, 6.07) is 5.66. The summed E-state index contributed by atoms with van der Waals surface area (Å²) >= 11 is 4.82. The first kappa shape index (κ1) is 14.3. The molecular weight excluding hydrogens is 328 g/mol. The molecule has 102 valence electrons. The molecule has 1 aromatic carbocycles. The van der Waals surface area contributed by atoms with Crippen LogP contribution in [0.15, 0.2) is 18.2 Å². The van der Waals surface area contributed by atoms with E-state index in [2.05, 4.69) is 26.2 Å². The highest BCUT2D eigenvalue weighted by Gasteiger charge is 2.15. The van der Waals surface area contributed by atoms with E-state index in [0.29, 0.717) is 5.13 Å². The molecule has 0 saturated carbocycles. The van der Waals surface area contributed by atoms with E-state index in [1.807, 2.05) is 25.1 Å². The van der Waals surface area contributed by atoms with E-state index in [9.17, 15) is 4.79 Å². The molecule has 2 aromatic rings. The summed E-state index contributed by atoms with van der Waals surface area (Å²) in [5, 5.41) is 3.45. The fourth-order valence-electron chi connectivity index (χ4n) is 1.65. The van der Waals surface area contributed by atoms with Crippen molar-refractivity contribution in [3.05, 3.63) is 18.2 Å². The zero-order valence-corrected chi connectivity index (χ0v) is 13.2. The maximum atomic E-state index is 11.9. The minimum Gasteiger partial charge on any atom is -0.497 e. The SMILES string of the molecule is CCC[C@H](Br)C(=O)Nc1nc2ccc(OC)cc2s1. The van der Waals surface area contributed by atoms with E-state index >= 15 is 0 Å². The molecule has 2 rings (SSSR count). The van der Waals surface area contributed by atoms with E-state index in [1.54, 1.807) is 7.11 Å². The van der Waals surface area contributed by atoms with Crippen molar-refractivity contribution in [1.82, 2.24) is 4.98 Å². The molecule has 19 heavy (non-hydrogen) atoms. The standard InChI is InChI=1S/C13H15BrN2O2S/c1-3-4-9(14)12(17)16-13-15-10-6-5-8(18-2)7-11(10)19-13/h5-7,9H,3-4H2,1-2H3,(H,15,16,17)/t9-/m0/s1. The van der Waals surface area contributed by atoms with Crippen LogP contribution in [-0.4, -0.2) is 22.8 Å². The number of rotatable bonds is 5. The molecule has 0 radical (unpaired) electrons. The van der Waals surface area contributed by atoms with Crippen molar-refractivity contribution in [2.75, 3.05) is 12.4 Å². The Hall–Kier alpha value is -1.14. The van der Waals surface area contributed by atoms with Crippen molar-refractivity contribution in [3.8, 4) is 5.75 Å². The molecule has 4 nitrogen and oxygen atoms in total. The number of thiazole rings is 1. The molecule has 0 aliphatic rings. The zero-order valence-electron chi connectivity index (χ0n) is 10.8. The predicted octanol–water partition coefficient (Wildman–Crippen LogP) is 3.81. The first-order chi connectivity index (χ1) is 9.13. The Morgan fingerprint density at radius 3 is 3.05 bits per heavy atom. The molecule has 0 unspecified atom stereocenters. The summed E-state index contributed by atoms with van der Waals surface area (Å²) in [5.74, 6) is 0.742. The van der Waals surface area contributed by atoms with Crippen LogP contribution in [0.5, 0.6) is 5.75 Å². The van der Waals surface area contributed by atoms with Gasteiger partial charge in [-0.1, -0.05) is 40.6 Å². The number of carbonyl (C=O) groups excluding carboxylic acids is 1. The Balaban J connectivity index is 2.15. The van der Waals surface area contributed by atoms with Crippen LogP contribution in [0.3, 0.4) is 0 Å². The van der Waals surface area contributed by atoms with Gasteiger partial charge in [0.2, 0.25) is 5.91 Å². The van der Waals surface area contributed by atoms with Gasteiger partial charge in [-0.15, -0.1) is 0 Å². The van der Waals surface area contributed by atoms with Gasteiger partial charge in [0.1, 0.15) is 5.75 Å². The van der Waals surface area contributed by atoms with Crippen LogP contribution in [0.2, 0.25) is 0 Å². The number of alkyl halides is 1. The average molecular weight is 343 g/mol. The predicted molar refractivity (Wildman–Crippen MR) is 82.4 cm³/mol. The number of nitrogens with one attached hydrogen (secondary N) is 1. The number of carbonyl (C=O) groups is 1. The fraction of sp³-hybridized carbons (Fsp3) is 0.385. The van der Waals surface area contributed by atoms with Crippen LogP contribution in [-0.2, 0) is 4.79 Å². The van der Waals surface area contributed by atoms with Gasteiger partial charge in [-0.3, -0.25) is 4.79 Å². The van der Waals surface area contributed by atoms with Crippen LogP contribution in [0.1, 0.15) is 19.8 Å². The van der Waals surface area contributed by atoms with Gasteiger partial charge >= 0.3 is 0 Å². The Labute approximate surface area is 124 Å². The topological polar surface area (TPSA) is 51.2 Å². The van der Waals surface area contributed by atoms with Crippen molar-refractivity contribution < 1.29 is 9.53 Å². The van der Waals surface area contributed by atoms with Crippen LogP contribution >= 0.6 is 27.3 Å². The fourth-order valence-corrected chi connectivity index (χ4v) is 3.12. The maximum absolute atomic E-state index is 11.9. The van der Waals surface area contributed by atoms with E-state index < -0.39 is 0 Å². The normalized spacial score (nSPS) is 12.4. The lowest BCUT2D eigenvalue weighted by Crippen LogP contribution is -2.22. The van der Waals surface area contributed by atoms with Gasteiger partial charge in [-0.2, -0.15) is 0 Å². The van der Waals surface area contributed by atoms with Crippen LogP contribution in [0, 0.1) is 0 Å². The lowest BCUT2D eigenvalue weighted by Gasteiger charge is -2.06. The van der Waals surface area contributed by atoms with Crippen molar-refractivity contribution in [2.45, 2.75) is 24.6 Å². The molecule has 0 saturated heterocycles. The van der Waals surface area contributed by atoms with Gasteiger partial charge in [-0.25, -0.2) is 4.98 Å². The van der Waals surface area contributed by atoms with Crippen LogP contribution in [0.4, 0.5) is 5.13 Å². The Kier molecular flexibility index (Phi) is 4.76. The molecule has 0 fully saturated rings. The Morgan fingerprint density at radius 2 is 2.37 bits per heavy atom. The monoisotopic (exact) mass is 342 g/mol. The maximum Gasteiger partial charge on any atom is 0.239 e. The first-order valence-corrected chi connectivity index (χ1v) is 7.76. The molecule has 1 N–H and O–H groups in total. The smallest absolute Gasteiger partial charge is 0.239 e. The summed E-state index contributed by atoms with van der Waals surface area (Å²) in [6.45, 7) is 2.05. The highest BCUT2D eigenvalue weighted by Crippen LogP contribution is 2.29. The number of aromatic nitrogens is 1. The lowest BCUT2D eigenvalue weighted by molar-refractivity contribution is -0.115. The number of hydrogen-bond donors (Lipinski definition) is 1. The summed E-state index contributed by atoms with van der Waals surface area (Å²) in [5.41, 5.74) is 0.864. The third kappa shape index (κ3) is 3.45. The van der Waals surface area contributed by atoms with Gasteiger partial charge in [0, 0.05) is 0 Å². The third-order valence-corrected chi connectivity index (χ3v) is 4.46. The summed E-state index contributed by atoms with van der Waals surface area (Å²) in [6.07, 6.45) is 1.77. The molecule has 1 amide bonds. The van der Waals surface area contributed by atoms with Gasteiger partial charge in [0.15, 0.2) is 5.13 Å². The number of ether oxygens (including phenoxy) is 1. The number of halogens is 1. The first-order valence-electron chi connectivity index (χ1n) is 6.03. The van der Waals surface area contributed by atoms with Crippen molar-refractivity contribution in [2.24, 2.45) is 0 Å². The van der Waals surface area contributed by atoms with E-state index in [-0.39, 0.29) is 10.7 Å². The number of hydrogen-bond acceptors (Lipinski definition) is 4.